The van der Waals surface area contributed by atoms with Gasteiger partial charge in [-0.3, -0.25) is 9.69 Å². The van der Waals surface area contributed by atoms with Crippen molar-refractivity contribution >= 4 is 28.5 Å². The third kappa shape index (κ3) is 4.90. The number of hydrogen-bond donors (Lipinski definition) is 0. The molecule has 0 spiro atoms. The van der Waals surface area contributed by atoms with Crippen molar-refractivity contribution in [1.29, 1.82) is 0 Å². The van der Waals surface area contributed by atoms with Crippen molar-refractivity contribution in [2.24, 2.45) is 4.99 Å². The first-order valence-corrected chi connectivity index (χ1v) is 10.1. The first-order chi connectivity index (χ1) is 13.5. The lowest BCUT2D eigenvalue weighted by Gasteiger charge is -2.28. The maximum Gasteiger partial charge on any atom is 0.387 e. The Balaban J connectivity index is 1.91. The summed E-state index contributed by atoms with van der Waals surface area (Å²) in [6.45, 7) is 1.81. The molecule has 1 saturated heterocycles. The highest BCUT2D eigenvalue weighted by Crippen LogP contribution is 2.30. The average Bonchev–Trinajstić information content (AvgIpc) is 2.68. The SMILES string of the molecule is CC(C)c1ccccc1N=C1SCCCN1C(=O)c1cccc(OC(F)F)c1. The van der Waals surface area contributed by atoms with Crippen molar-refractivity contribution in [2.45, 2.75) is 32.8 Å². The maximum absolute atomic E-state index is 13.0. The van der Waals surface area contributed by atoms with E-state index in [0.717, 1.165) is 23.4 Å². The highest BCUT2D eigenvalue weighted by Gasteiger charge is 2.25. The lowest BCUT2D eigenvalue weighted by Crippen LogP contribution is -2.39. The Morgan fingerprint density at radius 3 is 2.71 bits per heavy atom. The van der Waals surface area contributed by atoms with E-state index in [0.29, 0.717) is 23.2 Å². The molecule has 0 unspecified atom stereocenters. The second-order valence-corrected chi connectivity index (χ2v) is 7.74. The molecular weight excluding hydrogens is 382 g/mol. The summed E-state index contributed by atoms with van der Waals surface area (Å²) >= 11 is 1.53. The van der Waals surface area contributed by atoms with Crippen LogP contribution in [0.25, 0.3) is 0 Å². The molecule has 1 fully saturated rings. The van der Waals surface area contributed by atoms with Gasteiger partial charge in [-0.1, -0.05) is 49.9 Å². The van der Waals surface area contributed by atoms with Gasteiger partial charge in [-0.25, -0.2) is 4.99 Å². The van der Waals surface area contributed by atoms with E-state index >= 15 is 0 Å². The van der Waals surface area contributed by atoms with Gasteiger partial charge in [-0.05, 0) is 42.2 Å². The predicted molar refractivity (Wildman–Crippen MR) is 109 cm³/mol. The van der Waals surface area contributed by atoms with Crippen LogP contribution in [0.5, 0.6) is 5.75 Å². The van der Waals surface area contributed by atoms with Crippen molar-refractivity contribution in [3.63, 3.8) is 0 Å². The summed E-state index contributed by atoms with van der Waals surface area (Å²) in [6, 6.07) is 13.8. The first-order valence-electron chi connectivity index (χ1n) is 9.13. The number of amides is 1. The van der Waals surface area contributed by atoms with Gasteiger partial charge in [0.15, 0.2) is 5.17 Å². The van der Waals surface area contributed by atoms with Crippen molar-refractivity contribution in [1.82, 2.24) is 4.90 Å². The minimum atomic E-state index is -2.93. The van der Waals surface area contributed by atoms with Gasteiger partial charge in [-0.15, -0.1) is 0 Å². The minimum Gasteiger partial charge on any atom is -0.435 e. The fraction of sp³-hybridized carbons (Fsp3) is 0.333. The molecule has 1 amide bonds. The predicted octanol–water partition coefficient (Wildman–Crippen LogP) is 5.68. The van der Waals surface area contributed by atoms with Crippen LogP contribution in [0.4, 0.5) is 14.5 Å². The molecule has 0 aliphatic carbocycles. The van der Waals surface area contributed by atoms with Crippen LogP contribution in [0.15, 0.2) is 53.5 Å². The van der Waals surface area contributed by atoms with Crippen LogP contribution in [0.2, 0.25) is 0 Å². The van der Waals surface area contributed by atoms with Crippen LogP contribution < -0.4 is 4.74 Å². The molecule has 0 atom stereocenters. The van der Waals surface area contributed by atoms with E-state index in [2.05, 4.69) is 18.6 Å². The van der Waals surface area contributed by atoms with Crippen LogP contribution in [0.1, 0.15) is 42.1 Å². The zero-order valence-electron chi connectivity index (χ0n) is 15.8. The van der Waals surface area contributed by atoms with Gasteiger partial charge in [0.25, 0.3) is 5.91 Å². The molecule has 0 N–H and O–H groups in total. The van der Waals surface area contributed by atoms with Crippen LogP contribution in [-0.4, -0.2) is 34.9 Å². The number of nitrogens with zero attached hydrogens (tertiary/aromatic N) is 2. The zero-order chi connectivity index (χ0) is 20.1. The highest BCUT2D eigenvalue weighted by molar-refractivity contribution is 8.13. The second-order valence-electron chi connectivity index (χ2n) is 6.67. The standard InChI is InChI=1S/C21H22F2N2O2S/c1-14(2)17-9-3-4-10-18(17)24-21-25(11-6-12-28-21)19(26)15-7-5-8-16(13-15)27-20(22)23/h3-5,7-10,13-14,20H,6,11-12H2,1-2H3. The number of amidine groups is 1. The number of carbonyl (C=O) groups excluding carboxylic acids is 1. The van der Waals surface area contributed by atoms with E-state index in [9.17, 15) is 13.6 Å². The van der Waals surface area contributed by atoms with Crippen LogP contribution in [0, 0.1) is 0 Å². The van der Waals surface area contributed by atoms with Crippen molar-refractivity contribution < 1.29 is 18.3 Å². The minimum absolute atomic E-state index is 0.0332. The second kappa shape index (κ2) is 9.19. The summed E-state index contributed by atoms with van der Waals surface area (Å²) < 4.78 is 29.4. The summed E-state index contributed by atoms with van der Waals surface area (Å²) in [6.07, 6.45) is 0.842. The normalized spacial score (nSPS) is 16.1. The van der Waals surface area contributed by atoms with Gasteiger partial charge >= 0.3 is 6.61 Å². The van der Waals surface area contributed by atoms with Crippen LogP contribution in [0.3, 0.4) is 0 Å². The summed E-state index contributed by atoms with van der Waals surface area (Å²) in [5, 5.41) is 0.629. The zero-order valence-corrected chi connectivity index (χ0v) is 16.6. The molecule has 4 nitrogen and oxygen atoms in total. The molecule has 2 aromatic rings. The molecule has 148 valence electrons. The molecule has 3 rings (SSSR count). The first kappa shape index (κ1) is 20.3. The molecule has 0 radical (unpaired) electrons. The number of alkyl halides is 2. The monoisotopic (exact) mass is 404 g/mol. The molecule has 28 heavy (non-hydrogen) atoms. The number of hydrogen-bond acceptors (Lipinski definition) is 4. The van der Waals surface area contributed by atoms with E-state index in [1.165, 1.54) is 30.0 Å². The third-order valence-electron chi connectivity index (χ3n) is 4.31. The van der Waals surface area contributed by atoms with Crippen LogP contribution in [-0.2, 0) is 0 Å². The quantitative estimate of drug-likeness (QED) is 0.644. The van der Waals surface area contributed by atoms with Crippen molar-refractivity contribution in [3.05, 3.63) is 59.7 Å². The molecule has 7 heteroatoms. The van der Waals surface area contributed by atoms with Gasteiger partial charge in [-0.2, -0.15) is 8.78 Å². The number of halogens is 2. The summed E-state index contributed by atoms with van der Waals surface area (Å²) in [5.41, 5.74) is 2.25. The number of benzene rings is 2. The van der Waals surface area contributed by atoms with E-state index in [1.807, 2.05) is 24.3 Å². The number of para-hydroxylation sites is 1. The van der Waals surface area contributed by atoms with Crippen molar-refractivity contribution in [3.8, 4) is 5.75 Å². The van der Waals surface area contributed by atoms with Gasteiger partial charge in [0.1, 0.15) is 5.75 Å². The molecule has 0 bridgehead atoms. The summed E-state index contributed by atoms with van der Waals surface area (Å²) in [7, 11) is 0. The Hall–Kier alpha value is -2.41. The fourth-order valence-corrected chi connectivity index (χ4v) is 3.93. The number of ether oxygens (including phenoxy) is 1. The molecule has 2 aromatic carbocycles. The summed E-state index contributed by atoms with van der Waals surface area (Å²) in [5.74, 6) is 0.879. The molecule has 1 heterocycles. The molecule has 0 saturated carbocycles. The van der Waals surface area contributed by atoms with E-state index in [4.69, 9.17) is 4.99 Å². The number of aliphatic imine (C=N–C) groups is 1. The van der Waals surface area contributed by atoms with Crippen molar-refractivity contribution in [2.75, 3.05) is 12.3 Å². The largest absolute Gasteiger partial charge is 0.435 e. The number of thioether (sulfide) groups is 1. The van der Waals surface area contributed by atoms with Gasteiger partial charge in [0, 0.05) is 17.9 Å². The lowest BCUT2D eigenvalue weighted by molar-refractivity contribution is -0.0498. The summed E-state index contributed by atoms with van der Waals surface area (Å²) in [4.78, 5) is 19.4. The average molecular weight is 404 g/mol. The Labute approximate surface area is 167 Å². The number of rotatable bonds is 5. The molecule has 1 aliphatic heterocycles. The molecule has 1 aliphatic rings. The third-order valence-corrected chi connectivity index (χ3v) is 5.38. The van der Waals surface area contributed by atoms with Gasteiger partial charge in [0.05, 0.1) is 5.69 Å². The van der Waals surface area contributed by atoms with E-state index < -0.39 is 6.61 Å². The lowest BCUT2D eigenvalue weighted by atomic mass is 10.0. The highest BCUT2D eigenvalue weighted by atomic mass is 32.2. The molecule has 0 aromatic heterocycles. The molecular formula is C21H22F2N2O2S. The van der Waals surface area contributed by atoms with E-state index in [-0.39, 0.29) is 11.7 Å². The fourth-order valence-electron chi connectivity index (χ4n) is 2.98. The Kier molecular flexibility index (Phi) is 6.67. The Bertz CT molecular complexity index is 871. The van der Waals surface area contributed by atoms with Crippen LogP contribution >= 0.6 is 11.8 Å². The topological polar surface area (TPSA) is 41.9 Å². The Morgan fingerprint density at radius 1 is 1.18 bits per heavy atom. The van der Waals surface area contributed by atoms with Gasteiger partial charge in [0.2, 0.25) is 0 Å². The van der Waals surface area contributed by atoms with E-state index in [1.54, 1.807) is 11.0 Å². The Morgan fingerprint density at radius 2 is 1.96 bits per heavy atom. The van der Waals surface area contributed by atoms with Gasteiger partial charge < -0.3 is 4.74 Å². The number of carbonyl (C=O) groups is 1. The smallest absolute Gasteiger partial charge is 0.387 e. The maximum atomic E-state index is 13.0.